The summed E-state index contributed by atoms with van der Waals surface area (Å²) in [6.07, 6.45) is 6.67. The molecule has 1 aromatic carbocycles. The Hall–Kier alpha value is -2.30. The molecule has 2 aromatic rings. The highest BCUT2D eigenvalue weighted by atomic mass is 15.1. The van der Waals surface area contributed by atoms with Gasteiger partial charge in [0, 0.05) is 37.2 Å². The van der Waals surface area contributed by atoms with Gasteiger partial charge in [0.2, 0.25) is 5.95 Å². The number of hydrogen-bond acceptors (Lipinski definition) is 5. The first-order chi connectivity index (χ1) is 12.2. The van der Waals surface area contributed by atoms with Gasteiger partial charge in [0.05, 0.1) is 0 Å². The van der Waals surface area contributed by atoms with Crippen molar-refractivity contribution < 1.29 is 0 Å². The lowest BCUT2D eigenvalue weighted by molar-refractivity contribution is 0.438. The van der Waals surface area contributed by atoms with Gasteiger partial charge in [-0.1, -0.05) is 20.3 Å². The quantitative estimate of drug-likeness (QED) is 0.718. The molecule has 1 fully saturated rings. The smallest absolute Gasteiger partial charge is 0.229 e. The Bertz CT molecular complexity index is 647. The van der Waals surface area contributed by atoms with Crippen LogP contribution in [-0.4, -0.2) is 29.6 Å². The Balaban J connectivity index is 1.58. The number of aromatic nitrogens is 2. The Morgan fingerprint density at radius 2 is 1.88 bits per heavy atom. The minimum atomic E-state index is 0.626. The van der Waals surface area contributed by atoms with Crippen LogP contribution in [0.2, 0.25) is 0 Å². The van der Waals surface area contributed by atoms with Crippen LogP contribution in [0.15, 0.2) is 36.5 Å². The number of unbranched alkanes of at least 4 members (excludes halogenated alkanes) is 1. The summed E-state index contributed by atoms with van der Waals surface area (Å²) in [6.45, 7) is 7.78. The number of anilines is 4. The summed E-state index contributed by atoms with van der Waals surface area (Å²) < 4.78 is 0. The molecule has 1 aliphatic heterocycles. The minimum absolute atomic E-state index is 0.626. The first kappa shape index (κ1) is 17.5. The number of rotatable bonds is 7. The number of piperidine rings is 1. The molecule has 0 aliphatic carbocycles. The number of nitrogens with zero attached hydrogens (tertiary/aromatic N) is 3. The molecule has 3 rings (SSSR count). The molecule has 2 heterocycles. The van der Waals surface area contributed by atoms with Crippen LogP contribution >= 0.6 is 0 Å². The van der Waals surface area contributed by atoms with Gasteiger partial charge in [-0.25, -0.2) is 4.98 Å². The molecule has 1 aliphatic rings. The molecule has 1 saturated heterocycles. The third-order valence-electron chi connectivity index (χ3n) is 4.76. The summed E-state index contributed by atoms with van der Waals surface area (Å²) in [5.74, 6) is 2.35. The molecule has 0 amide bonds. The first-order valence-corrected chi connectivity index (χ1v) is 9.43. The van der Waals surface area contributed by atoms with Crippen molar-refractivity contribution >= 4 is 23.1 Å². The van der Waals surface area contributed by atoms with Crippen LogP contribution in [0, 0.1) is 5.92 Å². The lowest BCUT2D eigenvalue weighted by Crippen LogP contribution is -2.32. The highest BCUT2D eigenvalue weighted by Crippen LogP contribution is 2.25. The number of hydrogen-bond donors (Lipinski definition) is 2. The average Bonchev–Trinajstić information content (AvgIpc) is 2.64. The second-order valence-corrected chi connectivity index (χ2v) is 6.89. The average molecular weight is 339 g/mol. The van der Waals surface area contributed by atoms with Crippen molar-refractivity contribution in [1.82, 2.24) is 9.97 Å². The normalized spacial score (nSPS) is 15.2. The summed E-state index contributed by atoms with van der Waals surface area (Å²) in [4.78, 5) is 11.3. The number of nitrogens with one attached hydrogen (secondary N) is 2. The molecule has 0 unspecified atom stereocenters. The summed E-state index contributed by atoms with van der Waals surface area (Å²) in [7, 11) is 0. The topological polar surface area (TPSA) is 53.1 Å². The standard InChI is InChI=1S/C20H29N5/c1-3-4-12-21-19-9-13-22-20(24-19)23-17-5-7-18(8-6-17)25-14-10-16(2)11-15-25/h5-9,13,16H,3-4,10-12,14-15H2,1-2H3,(H2,21,22,23,24). The van der Waals surface area contributed by atoms with Gasteiger partial charge in [0.15, 0.2) is 0 Å². The Labute approximate surface area is 150 Å². The van der Waals surface area contributed by atoms with Gasteiger partial charge < -0.3 is 15.5 Å². The van der Waals surface area contributed by atoms with Crippen LogP contribution in [0.25, 0.3) is 0 Å². The predicted octanol–water partition coefficient (Wildman–Crippen LogP) is 4.67. The van der Waals surface area contributed by atoms with Crippen molar-refractivity contribution in [2.45, 2.75) is 39.5 Å². The number of benzene rings is 1. The van der Waals surface area contributed by atoms with Gasteiger partial charge in [-0.3, -0.25) is 0 Å². The van der Waals surface area contributed by atoms with E-state index in [0.29, 0.717) is 5.95 Å². The highest BCUT2D eigenvalue weighted by Gasteiger charge is 2.15. The zero-order chi connectivity index (χ0) is 17.5. The van der Waals surface area contributed by atoms with Crippen molar-refractivity contribution in [3.63, 3.8) is 0 Å². The van der Waals surface area contributed by atoms with Crippen LogP contribution in [0.1, 0.15) is 39.5 Å². The molecule has 134 valence electrons. The fraction of sp³-hybridized carbons (Fsp3) is 0.500. The third-order valence-corrected chi connectivity index (χ3v) is 4.76. The molecule has 0 bridgehead atoms. The molecule has 5 heteroatoms. The molecule has 0 radical (unpaired) electrons. The van der Waals surface area contributed by atoms with Crippen LogP contribution in [-0.2, 0) is 0 Å². The first-order valence-electron chi connectivity index (χ1n) is 9.43. The Kier molecular flexibility index (Phi) is 6.09. The van der Waals surface area contributed by atoms with Crippen molar-refractivity contribution in [2.24, 2.45) is 5.92 Å². The molecule has 0 saturated carbocycles. The van der Waals surface area contributed by atoms with Crippen LogP contribution in [0.4, 0.5) is 23.1 Å². The van der Waals surface area contributed by atoms with E-state index in [9.17, 15) is 0 Å². The third kappa shape index (κ3) is 5.08. The zero-order valence-corrected chi connectivity index (χ0v) is 15.3. The van der Waals surface area contributed by atoms with Gasteiger partial charge >= 0.3 is 0 Å². The SMILES string of the molecule is CCCCNc1ccnc(Nc2ccc(N3CCC(C)CC3)cc2)n1. The molecule has 1 aromatic heterocycles. The lowest BCUT2D eigenvalue weighted by atomic mass is 9.99. The van der Waals surface area contributed by atoms with Crippen LogP contribution < -0.4 is 15.5 Å². The zero-order valence-electron chi connectivity index (χ0n) is 15.3. The maximum atomic E-state index is 4.52. The second kappa shape index (κ2) is 8.70. The van der Waals surface area contributed by atoms with E-state index in [1.807, 2.05) is 6.07 Å². The molecular weight excluding hydrogens is 310 g/mol. The van der Waals surface area contributed by atoms with Crippen molar-refractivity contribution in [2.75, 3.05) is 35.2 Å². The summed E-state index contributed by atoms with van der Waals surface area (Å²) >= 11 is 0. The lowest BCUT2D eigenvalue weighted by Gasteiger charge is -2.32. The van der Waals surface area contributed by atoms with Gasteiger partial charge in [-0.05, 0) is 55.5 Å². The van der Waals surface area contributed by atoms with E-state index in [4.69, 9.17) is 0 Å². The van der Waals surface area contributed by atoms with E-state index in [1.54, 1.807) is 6.20 Å². The van der Waals surface area contributed by atoms with E-state index < -0.39 is 0 Å². The molecule has 2 N–H and O–H groups in total. The maximum absolute atomic E-state index is 4.52. The molecule has 0 spiro atoms. The Morgan fingerprint density at radius 1 is 1.12 bits per heavy atom. The maximum Gasteiger partial charge on any atom is 0.229 e. The summed E-state index contributed by atoms with van der Waals surface area (Å²) in [5, 5.41) is 6.62. The fourth-order valence-electron chi connectivity index (χ4n) is 3.06. The van der Waals surface area contributed by atoms with E-state index in [0.717, 1.165) is 43.5 Å². The molecule has 0 atom stereocenters. The summed E-state index contributed by atoms with van der Waals surface area (Å²) in [5.41, 5.74) is 2.31. The van der Waals surface area contributed by atoms with E-state index >= 15 is 0 Å². The van der Waals surface area contributed by atoms with E-state index in [2.05, 4.69) is 63.6 Å². The predicted molar refractivity (Wildman–Crippen MR) is 106 cm³/mol. The van der Waals surface area contributed by atoms with E-state index in [-0.39, 0.29) is 0 Å². The highest BCUT2D eigenvalue weighted by molar-refractivity contribution is 5.60. The summed E-state index contributed by atoms with van der Waals surface area (Å²) in [6, 6.07) is 10.5. The van der Waals surface area contributed by atoms with Crippen molar-refractivity contribution in [3.8, 4) is 0 Å². The second-order valence-electron chi connectivity index (χ2n) is 6.89. The van der Waals surface area contributed by atoms with Gasteiger partial charge in [-0.2, -0.15) is 4.98 Å². The molecule has 5 nitrogen and oxygen atoms in total. The van der Waals surface area contributed by atoms with Gasteiger partial charge in [0.25, 0.3) is 0 Å². The fourth-order valence-corrected chi connectivity index (χ4v) is 3.06. The monoisotopic (exact) mass is 339 g/mol. The van der Waals surface area contributed by atoms with E-state index in [1.165, 1.54) is 24.9 Å². The van der Waals surface area contributed by atoms with Crippen molar-refractivity contribution in [3.05, 3.63) is 36.5 Å². The molecular formula is C20H29N5. The largest absolute Gasteiger partial charge is 0.372 e. The Morgan fingerprint density at radius 3 is 2.60 bits per heavy atom. The minimum Gasteiger partial charge on any atom is -0.372 e. The van der Waals surface area contributed by atoms with Gasteiger partial charge in [0.1, 0.15) is 5.82 Å². The molecule has 25 heavy (non-hydrogen) atoms. The van der Waals surface area contributed by atoms with Crippen LogP contribution in [0.3, 0.4) is 0 Å². The van der Waals surface area contributed by atoms with Crippen molar-refractivity contribution in [1.29, 1.82) is 0 Å². The van der Waals surface area contributed by atoms with Gasteiger partial charge in [-0.15, -0.1) is 0 Å². The van der Waals surface area contributed by atoms with Crippen LogP contribution in [0.5, 0.6) is 0 Å².